The van der Waals surface area contributed by atoms with Crippen LogP contribution in [0.3, 0.4) is 0 Å². The number of ether oxygens (including phenoxy) is 2. The van der Waals surface area contributed by atoms with Gasteiger partial charge in [0.1, 0.15) is 11.8 Å². The number of alkyl halides is 3. The molecule has 1 saturated carbocycles. The fourth-order valence-corrected chi connectivity index (χ4v) is 5.35. The molecule has 2 aromatic rings. The smallest absolute Gasteiger partial charge is 0.406 e. The minimum absolute atomic E-state index is 0.246. The molecular weight excluding hydrogens is 537 g/mol. The second-order valence-corrected chi connectivity index (χ2v) is 10.6. The Bertz CT molecular complexity index is 1120. The van der Waals surface area contributed by atoms with Crippen LogP contribution in [0.5, 0.6) is 5.75 Å². The normalized spacial score (nSPS) is 17.4. The zero-order valence-corrected chi connectivity index (χ0v) is 23.2. The van der Waals surface area contributed by atoms with E-state index in [-0.39, 0.29) is 24.1 Å². The molecule has 2 amide bonds. The monoisotopic (exact) mass is 576 g/mol. The van der Waals surface area contributed by atoms with Crippen molar-refractivity contribution in [3.8, 4) is 5.75 Å². The molecule has 2 fully saturated rings. The third-order valence-electron chi connectivity index (χ3n) is 7.46. The van der Waals surface area contributed by atoms with Gasteiger partial charge in [0.15, 0.2) is 0 Å². The number of halogens is 3. The summed E-state index contributed by atoms with van der Waals surface area (Å²) in [6.45, 7) is 4.50. The second kappa shape index (κ2) is 15.1. The average Bonchev–Trinajstić information content (AvgIpc) is 2.96. The number of anilines is 1. The highest BCUT2D eigenvalue weighted by Crippen LogP contribution is 2.28. The molecular formula is C30H39F3N4O4. The van der Waals surface area contributed by atoms with E-state index in [4.69, 9.17) is 4.74 Å². The number of hydrogen-bond donors (Lipinski definition) is 3. The first-order chi connectivity index (χ1) is 19.7. The summed E-state index contributed by atoms with van der Waals surface area (Å²) in [5.41, 5.74) is 2.16. The predicted octanol–water partition coefficient (Wildman–Crippen LogP) is 4.71. The summed E-state index contributed by atoms with van der Waals surface area (Å²) in [5, 5.41) is 8.95. The zero-order chi connectivity index (χ0) is 29.1. The lowest BCUT2D eigenvalue weighted by Gasteiger charge is -2.27. The fraction of sp³-hybridized carbons (Fsp3) is 0.533. The van der Waals surface area contributed by atoms with Gasteiger partial charge in [0, 0.05) is 44.0 Å². The molecule has 1 atom stereocenters. The van der Waals surface area contributed by atoms with Crippen molar-refractivity contribution in [2.45, 2.75) is 57.5 Å². The van der Waals surface area contributed by atoms with Gasteiger partial charge in [0.05, 0.1) is 13.2 Å². The number of morpholine rings is 1. The van der Waals surface area contributed by atoms with Crippen molar-refractivity contribution in [2.75, 3.05) is 44.7 Å². The van der Waals surface area contributed by atoms with E-state index in [1.807, 2.05) is 18.2 Å². The fourth-order valence-electron chi connectivity index (χ4n) is 5.35. The van der Waals surface area contributed by atoms with Gasteiger partial charge in [-0.3, -0.25) is 14.5 Å². The highest BCUT2D eigenvalue weighted by Gasteiger charge is 2.31. The zero-order valence-electron chi connectivity index (χ0n) is 23.2. The maximum Gasteiger partial charge on any atom is 0.573 e. The van der Waals surface area contributed by atoms with Gasteiger partial charge in [-0.1, -0.05) is 44.2 Å². The average molecular weight is 577 g/mol. The topological polar surface area (TPSA) is 91.9 Å². The molecule has 1 saturated heterocycles. The van der Waals surface area contributed by atoms with E-state index in [1.54, 1.807) is 6.07 Å². The van der Waals surface area contributed by atoms with Gasteiger partial charge in [-0.25, -0.2) is 0 Å². The van der Waals surface area contributed by atoms with E-state index in [1.165, 1.54) is 30.7 Å². The largest absolute Gasteiger partial charge is 0.573 e. The summed E-state index contributed by atoms with van der Waals surface area (Å²) in [6.07, 6.45) is 1.40. The van der Waals surface area contributed by atoms with Gasteiger partial charge in [-0.2, -0.15) is 0 Å². The number of carbonyl (C=O) groups excluding carboxylic acids is 2. The molecule has 1 heterocycles. The van der Waals surface area contributed by atoms with Crippen LogP contribution in [0, 0.1) is 5.92 Å². The lowest BCUT2D eigenvalue weighted by atomic mass is 9.84. The van der Waals surface area contributed by atoms with Crippen LogP contribution >= 0.6 is 0 Å². The van der Waals surface area contributed by atoms with Crippen molar-refractivity contribution >= 4 is 17.5 Å². The van der Waals surface area contributed by atoms with Gasteiger partial charge < -0.3 is 25.4 Å². The van der Waals surface area contributed by atoms with Crippen molar-refractivity contribution in [3.63, 3.8) is 0 Å². The molecule has 4 rings (SSSR count). The predicted molar refractivity (Wildman–Crippen MR) is 150 cm³/mol. The van der Waals surface area contributed by atoms with Gasteiger partial charge in [0.2, 0.25) is 5.91 Å². The Morgan fingerprint density at radius 3 is 2.44 bits per heavy atom. The Morgan fingerprint density at radius 2 is 1.73 bits per heavy atom. The van der Waals surface area contributed by atoms with Crippen LogP contribution in [0.15, 0.2) is 48.5 Å². The Kier molecular flexibility index (Phi) is 11.3. The number of nitrogens with zero attached hydrogens (tertiary/aromatic N) is 1. The lowest BCUT2D eigenvalue weighted by Crippen LogP contribution is -2.48. The Labute approximate surface area is 239 Å². The van der Waals surface area contributed by atoms with Gasteiger partial charge in [0.25, 0.3) is 5.91 Å². The Morgan fingerprint density at radius 1 is 1.00 bits per heavy atom. The van der Waals surface area contributed by atoms with Crippen molar-refractivity contribution in [1.82, 2.24) is 15.5 Å². The molecule has 0 radical (unpaired) electrons. The first kappa shape index (κ1) is 30.6. The van der Waals surface area contributed by atoms with Gasteiger partial charge in [-0.15, -0.1) is 13.2 Å². The number of rotatable bonds is 12. The molecule has 11 heteroatoms. The highest BCUT2D eigenvalue weighted by molar-refractivity contribution is 5.97. The highest BCUT2D eigenvalue weighted by atomic mass is 19.4. The van der Waals surface area contributed by atoms with Crippen molar-refractivity contribution < 1.29 is 32.2 Å². The molecule has 0 spiro atoms. The van der Waals surface area contributed by atoms with E-state index < -0.39 is 12.4 Å². The number of carbonyl (C=O) groups is 2. The third-order valence-corrected chi connectivity index (χ3v) is 7.46. The molecule has 224 valence electrons. The van der Waals surface area contributed by atoms with Crippen LogP contribution < -0.4 is 20.7 Å². The standard InChI is InChI=1S/C30H39F3N4O4/c31-30(32,33)41-26-11-9-25(10-12-26)34-13-14-35-29(39)27(20-22-5-2-1-3-6-22)36-28(38)24-8-4-7-23(19-24)21-37-15-17-40-18-16-37/h4,7-12,19,22,27,34H,1-3,5-6,13-18,20-21H2,(H,35,39)(H,36,38)/t27-/m0/s1. The summed E-state index contributed by atoms with van der Waals surface area (Å²) in [6, 6.07) is 12.3. The SMILES string of the molecule is O=C(N[C@@H](CC1CCCCC1)C(=O)NCCNc1ccc(OC(F)(F)F)cc1)c1cccc(CN2CCOCC2)c1. The van der Waals surface area contributed by atoms with Crippen molar-refractivity contribution in [2.24, 2.45) is 5.92 Å². The van der Waals surface area contributed by atoms with Gasteiger partial charge >= 0.3 is 6.36 Å². The van der Waals surface area contributed by atoms with Crippen LogP contribution in [0.2, 0.25) is 0 Å². The molecule has 0 aromatic heterocycles. The first-order valence-electron chi connectivity index (χ1n) is 14.3. The van der Waals surface area contributed by atoms with Crippen LogP contribution in [-0.4, -0.2) is 68.5 Å². The summed E-state index contributed by atoms with van der Waals surface area (Å²) >= 11 is 0. The molecule has 41 heavy (non-hydrogen) atoms. The maximum atomic E-state index is 13.3. The number of amides is 2. The van der Waals surface area contributed by atoms with Crippen LogP contribution in [0.4, 0.5) is 18.9 Å². The van der Waals surface area contributed by atoms with Crippen LogP contribution in [0.1, 0.15) is 54.4 Å². The van der Waals surface area contributed by atoms with Crippen LogP contribution in [0.25, 0.3) is 0 Å². The van der Waals surface area contributed by atoms with Gasteiger partial charge in [-0.05, 0) is 54.3 Å². The molecule has 1 aliphatic heterocycles. The molecule has 3 N–H and O–H groups in total. The number of nitrogens with one attached hydrogen (secondary N) is 3. The lowest BCUT2D eigenvalue weighted by molar-refractivity contribution is -0.274. The second-order valence-electron chi connectivity index (χ2n) is 10.6. The quantitative estimate of drug-likeness (QED) is 0.317. The van der Waals surface area contributed by atoms with Crippen molar-refractivity contribution in [3.05, 3.63) is 59.7 Å². The minimum atomic E-state index is -4.74. The van der Waals surface area contributed by atoms with E-state index >= 15 is 0 Å². The van der Waals surface area contributed by atoms with E-state index in [0.717, 1.165) is 50.9 Å². The summed E-state index contributed by atoms with van der Waals surface area (Å²) in [4.78, 5) is 28.8. The summed E-state index contributed by atoms with van der Waals surface area (Å²) in [5.74, 6) is -0.444. The van der Waals surface area contributed by atoms with E-state index in [2.05, 4.69) is 25.6 Å². The molecule has 0 bridgehead atoms. The number of benzene rings is 2. The maximum absolute atomic E-state index is 13.3. The molecule has 0 unspecified atom stereocenters. The summed E-state index contributed by atoms with van der Waals surface area (Å²) < 4.78 is 46.3. The van der Waals surface area contributed by atoms with Crippen molar-refractivity contribution in [1.29, 1.82) is 0 Å². The van der Waals surface area contributed by atoms with E-state index in [0.29, 0.717) is 43.3 Å². The third kappa shape index (κ3) is 10.6. The minimum Gasteiger partial charge on any atom is -0.406 e. The molecule has 2 aromatic carbocycles. The Hall–Kier alpha value is -3.31. The summed E-state index contributed by atoms with van der Waals surface area (Å²) in [7, 11) is 0. The molecule has 8 nitrogen and oxygen atoms in total. The van der Waals surface area contributed by atoms with Crippen LogP contribution in [-0.2, 0) is 16.1 Å². The Balaban J connectivity index is 1.30. The molecule has 2 aliphatic rings. The van der Waals surface area contributed by atoms with E-state index in [9.17, 15) is 22.8 Å². The first-order valence-corrected chi connectivity index (χ1v) is 14.3. The number of hydrogen-bond acceptors (Lipinski definition) is 6. The molecule has 1 aliphatic carbocycles.